The summed E-state index contributed by atoms with van der Waals surface area (Å²) in [6.45, 7) is 11.0. The van der Waals surface area contributed by atoms with Gasteiger partial charge < -0.3 is 15.0 Å². The van der Waals surface area contributed by atoms with Crippen molar-refractivity contribution in [2.45, 2.75) is 65.5 Å². The Bertz CT molecular complexity index is 344. The molecular weight excluding hydrogens is 256 g/mol. The van der Waals surface area contributed by atoms with Crippen LogP contribution in [-0.2, 0) is 9.53 Å². The topological polar surface area (TPSA) is 58.6 Å². The zero-order valence-corrected chi connectivity index (χ0v) is 13.4. The Morgan fingerprint density at radius 2 is 1.80 bits per heavy atom. The number of hydrogen-bond acceptors (Lipinski definition) is 3. The van der Waals surface area contributed by atoms with Gasteiger partial charge in [0.1, 0.15) is 11.6 Å². The highest BCUT2D eigenvalue weighted by atomic mass is 16.6. The molecule has 1 aliphatic heterocycles. The van der Waals surface area contributed by atoms with Gasteiger partial charge in [-0.15, -0.1) is 0 Å². The highest BCUT2D eigenvalue weighted by Gasteiger charge is 2.32. The minimum atomic E-state index is -0.577. The second-order valence-corrected chi connectivity index (χ2v) is 6.54. The van der Waals surface area contributed by atoms with Gasteiger partial charge >= 0.3 is 12.0 Å². The van der Waals surface area contributed by atoms with Gasteiger partial charge in [-0.05, 0) is 39.5 Å². The molecule has 5 heteroatoms. The van der Waals surface area contributed by atoms with Gasteiger partial charge in [0.25, 0.3) is 0 Å². The van der Waals surface area contributed by atoms with E-state index in [-0.39, 0.29) is 17.9 Å². The molecule has 0 bridgehead atoms. The standard InChI is InChI=1S/C15H28N2O3/c1-6-11(2)12(13(18)20-15(3,4)5)16-14(19)17-9-7-8-10-17/h11-12H,6-10H2,1-5H3,(H,16,19)/t11-,12-/m0/s1. The Balaban J connectivity index is 2.68. The first kappa shape index (κ1) is 16.8. The number of esters is 1. The number of amides is 2. The molecule has 0 aromatic rings. The quantitative estimate of drug-likeness (QED) is 0.807. The van der Waals surface area contributed by atoms with Crippen molar-refractivity contribution in [1.82, 2.24) is 10.2 Å². The Labute approximate surface area is 122 Å². The van der Waals surface area contributed by atoms with Gasteiger partial charge in [-0.2, -0.15) is 0 Å². The number of carbonyl (C=O) groups is 2. The summed E-state index contributed by atoms with van der Waals surface area (Å²) in [4.78, 5) is 26.2. The Morgan fingerprint density at radius 1 is 1.25 bits per heavy atom. The second-order valence-electron chi connectivity index (χ2n) is 6.54. The van der Waals surface area contributed by atoms with Crippen molar-refractivity contribution in [3.8, 4) is 0 Å². The summed E-state index contributed by atoms with van der Waals surface area (Å²) in [6, 6.07) is -0.731. The molecule has 0 radical (unpaired) electrons. The molecule has 0 saturated carbocycles. The molecule has 2 amide bonds. The lowest BCUT2D eigenvalue weighted by atomic mass is 9.99. The molecule has 1 fully saturated rings. The number of nitrogens with zero attached hydrogens (tertiary/aromatic N) is 1. The fourth-order valence-electron chi connectivity index (χ4n) is 2.18. The minimum Gasteiger partial charge on any atom is -0.458 e. The van der Waals surface area contributed by atoms with Crippen molar-refractivity contribution in [2.24, 2.45) is 5.92 Å². The van der Waals surface area contributed by atoms with Gasteiger partial charge in [-0.3, -0.25) is 0 Å². The van der Waals surface area contributed by atoms with Crippen LogP contribution in [0.4, 0.5) is 4.79 Å². The molecule has 0 spiro atoms. The third-order valence-electron chi connectivity index (χ3n) is 3.55. The smallest absolute Gasteiger partial charge is 0.329 e. The molecule has 0 aromatic heterocycles. The highest BCUT2D eigenvalue weighted by molar-refractivity contribution is 5.84. The van der Waals surface area contributed by atoms with E-state index in [4.69, 9.17) is 4.74 Å². The molecule has 1 N–H and O–H groups in total. The van der Waals surface area contributed by atoms with Crippen LogP contribution in [0.5, 0.6) is 0 Å². The monoisotopic (exact) mass is 284 g/mol. The first-order valence-electron chi connectivity index (χ1n) is 7.53. The van der Waals surface area contributed by atoms with E-state index >= 15 is 0 Å². The highest BCUT2D eigenvalue weighted by Crippen LogP contribution is 2.16. The first-order valence-corrected chi connectivity index (χ1v) is 7.53. The largest absolute Gasteiger partial charge is 0.458 e. The molecule has 116 valence electrons. The zero-order valence-electron chi connectivity index (χ0n) is 13.4. The molecule has 0 aliphatic carbocycles. The van der Waals surface area contributed by atoms with Crippen molar-refractivity contribution in [2.75, 3.05) is 13.1 Å². The number of likely N-dealkylation sites (tertiary alicyclic amines) is 1. The average molecular weight is 284 g/mol. The fourth-order valence-corrected chi connectivity index (χ4v) is 2.18. The van der Waals surface area contributed by atoms with Crippen LogP contribution in [-0.4, -0.2) is 41.6 Å². The number of hydrogen-bond donors (Lipinski definition) is 1. The van der Waals surface area contributed by atoms with E-state index in [1.54, 1.807) is 4.90 Å². The summed E-state index contributed by atoms with van der Waals surface area (Å²) in [7, 11) is 0. The van der Waals surface area contributed by atoms with Crippen LogP contribution < -0.4 is 5.32 Å². The van der Waals surface area contributed by atoms with Gasteiger partial charge in [0.2, 0.25) is 0 Å². The maximum atomic E-state index is 12.3. The summed E-state index contributed by atoms with van der Waals surface area (Å²) < 4.78 is 5.41. The summed E-state index contributed by atoms with van der Waals surface area (Å²) in [6.07, 6.45) is 2.88. The molecule has 0 unspecified atom stereocenters. The molecule has 1 rings (SSSR count). The fraction of sp³-hybridized carbons (Fsp3) is 0.867. The number of rotatable bonds is 4. The van der Waals surface area contributed by atoms with E-state index in [1.165, 1.54) is 0 Å². The molecule has 1 heterocycles. The molecule has 1 aliphatic rings. The first-order chi connectivity index (χ1) is 9.24. The van der Waals surface area contributed by atoms with Crippen LogP contribution in [0.25, 0.3) is 0 Å². The predicted octanol–water partition coefficient (Wildman–Crippen LogP) is 2.55. The van der Waals surface area contributed by atoms with E-state index in [0.29, 0.717) is 0 Å². The number of nitrogens with one attached hydrogen (secondary N) is 1. The van der Waals surface area contributed by atoms with E-state index in [0.717, 1.165) is 32.4 Å². The summed E-state index contributed by atoms with van der Waals surface area (Å²) in [5.74, 6) is -0.296. The van der Waals surface area contributed by atoms with Crippen LogP contribution >= 0.6 is 0 Å². The van der Waals surface area contributed by atoms with Crippen LogP contribution in [0.1, 0.15) is 53.9 Å². The predicted molar refractivity (Wildman–Crippen MR) is 78.4 cm³/mol. The summed E-state index contributed by atoms with van der Waals surface area (Å²) >= 11 is 0. The second kappa shape index (κ2) is 6.95. The van der Waals surface area contributed by atoms with Crippen LogP contribution in [0.15, 0.2) is 0 Å². The molecule has 0 aromatic carbocycles. The van der Waals surface area contributed by atoms with E-state index in [1.807, 2.05) is 34.6 Å². The van der Waals surface area contributed by atoms with Crippen LogP contribution in [0.2, 0.25) is 0 Å². The van der Waals surface area contributed by atoms with Crippen molar-refractivity contribution in [3.63, 3.8) is 0 Å². The minimum absolute atomic E-state index is 0.0522. The lowest BCUT2D eigenvalue weighted by Gasteiger charge is -2.29. The maximum Gasteiger partial charge on any atom is 0.329 e. The van der Waals surface area contributed by atoms with Crippen molar-refractivity contribution >= 4 is 12.0 Å². The number of ether oxygens (including phenoxy) is 1. The summed E-state index contributed by atoms with van der Waals surface area (Å²) in [5.41, 5.74) is -0.541. The summed E-state index contributed by atoms with van der Waals surface area (Å²) in [5, 5.41) is 2.84. The Kier molecular flexibility index (Phi) is 5.84. The molecule has 2 atom stereocenters. The van der Waals surface area contributed by atoms with Crippen LogP contribution in [0.3, 0.4) is 0 Å². The SMILES string of the molecule is CC[C@H](C)[C@H](NC(=O)N1CCCC1)C(=O)OC(C)(C)C. The normalized spacial score (nSPS) is 18.6. The number of carbonyl (C=O) groups excluding carboxylic acids is 2. The van der Waals surface area contributed by atoms with Gasteiger partial charge in [-0.1, -0.05) is 20.3 Å². The van der Waals surface area contributed by atoms with Gasteiger partial charge in [0.05, 0.1) is 0 Å². The van der Waals surface area contributed by atoms with Gasteiger partial charge in [0.15, 0.2) is 0 Å². The van der Waals surface area contributed by atoms with Crippen LogP contribution in [0, 0.1) is 5.92 Å². The van der Waals surface area contributed by atoms with Gasteiger partial charge in [0, 0.05) is 13.1 Å². The Hall–Kier alpha value is -1.26. The third kappa shape index (κ3) is 5.02. The average Bonchev–Trinajstić information content (AvgIpc) is 2.86. The lowest BCUT2D eigenvalue weighted by molar-refractivity contribution is -0.158. The molecule has 20 heavy (non-hydrogen) atoms. The van der Waals surface area contributed by atoms with E-state index in [2.05, 4.69) is 5.32 Å². The van der Waals surface area contributed by atoms with Crippen molar-refractivity contribution in [3.05, 3.63) is 0 Å². The maximum absolute atomic E-state index is 12.3. The zero-order chi connectivity index (χ0) is 15.3. The molecule has 5 nitrogen and oxygen atoms in total. The van der Waals surface area contributed by atoms with Gasteiger partial charge in [-0.25, -0.2) is 9.59 Å². The lowest BCUT2D eigenvalue weighted by Crippen LogP contribution is -2.51. The Morgan fingerprint density at radius 3 is 2.25 bits per heavy atom. The van der Waals surface area contributed by atoms with Crippen molar-refractivity contribution < 1.29 is 14.3 Å². The third-order valence-corrected chi connectivity index (χ3v) is 3.55. The molecule has 1 saturated heterocycles. The van der Waals surface area contributed by atoms with Crippen molar-refractivity contribution in [1.29, 1.82) is 0 Å². The van der Waals surface area contributed by atoms with E-state index < -0.39 is 11.6 Å². The molecular formula is C15H28N2O3. The number of urea groups is 1. The van der Waals surface area contributed by atoms with E-state index in [9.17, 15) is 9.59 Å².